The van der Waals surface area contributed by atoms with E-state index in [9.17, 15) is 0 Å². The van der Waals surface area contributed by atoms with Gasteiger partial charge in [-0.1, -0.05) is 35.5 Å². The molecule has 25 heavy (non-hydrogen) atoms. The molecule has 2 aromatic heterocycles. The number of aromatic nitrogens is 4. The monoisotopic (exact) mass is 337 g/mol. The van der Waals surface area contributed by atoms with Crippen LogP contribution < -0.4 is 5.32 Å². The molecular formula is C19H23N5O. The molecule has 0 aliphatic carbocycles. The number of rotatable bonds is 7. The van der Waals surface area contributed by atoms with Gasteiger partial charge in [0.15, 0.2) is 0 Å². The van der Waals surface area contributed by atoms with E-state index in [1.54, 1.807) is 0 Å². The lowest BCUT2D eigenvalue weighted by molar-refractivity contribution is 0.339. The van der Waals surface area contributed by atoms with Gasteiger partial charge in [-0.05, 0) is 26.3 Å². The Morgan fingerprint density at radius 2 is 2.12 bits per heavy atom. The van der Waals surface area contributed by atoms with Gasteiger partial charge in [-0.15, -0.1) is 6.58 Å². The van der Waals surface area contributed by atoms with Crippen molar-refractivity contribution in [3.05, 3.63) is 65.8 Å². The van der Waals surface area contributed by atoms with E-state index in [-0.39, 0.29) is 6.04 Å². The van der Waals surface area contributed by atoms with Crippen molar-refractivity contribution < 1.29 is 4.52 Å². The number of hydrogen-bond donors (Lipinski definition) is 1. The minimum Gasteiger partial charge on any atom is -0.337 e. The third-order valence-electron chi connectivity index (χ3n) is 4.16. The summed E-state index contributed by atoms with van der Waals surface area (Å²) >= 11 is 0. The van der Waals surface area contributed by atoms with Gasteiger partial charge in [0.2, 0.25) is 11.7 Å². The van der Waals surface area contributed by atoms with Crippen LogP contribution in [0.3, 0.4) is 0 Å². The van der Waals surface area contributed by atoms with Crippen LogP contribution in [-0.4, -0.2) is 19.9 Å². The molecule has 0 amide bonds. The van der Waals surface area contributed by atoms with Gasteiger partial charge in [0.25, 0.3) is 0 Å². The highest BCUT2D eigenvalue weighted by atomic mass is 16.5. The maximum absolute atomic E-state index is 5.44. The van der Waals surface area contributed by atoms with Crippen molar-refractivity contribution in [1.29, 1.82) is 0 Å². The third-order valence-corrected chi connectivity index (χ3v) is 4.16. The Kier molecular flexibility index (Phi) is 5.09. The fourth-order valence-corrected chi connectivity index (χ4v) is 2.65. The van der Waals surface area contributed by atoms with Crippen LogP contribution in [0.5, 0.6) is 0 Å². The predicted octanol–water partition coefficient (Wildman–Crippen LogP) is 3.59. The molecular weight excluding hydrogens is 314 g/mol. The average Bonchev–Trinajstić information content (AvgIpc) is 3.21. The highest BCUT2D eigenvalue weighted by Crippen LogP contribution is 2.22. The summed E-state index contributed by atoms with van der Waals surface area (Å²) in [4.78, 5) is 4.54. The van der Waals surface area contributed by atoms with Gasteiger partial charge < -0.3 is 9.84 Å². The van der Waals surface area contributed by atoms with E-state index >= 15 is 0 Å². The lowest BCUT2D eigenvalue weighted by Crippen LogP contribution is -2.18. The first kappa shape index (κ1) is 17.1. The standard InChI is InChI=1S/C19H23N5O/c1-5-10-24-12-16(14(3)22-24)11-20-15(4)19-21-18(23-25-19)17-9-7-6-8-13(17)2/h5-9,12,15,20H,1,10-11H2,2-4H3/t15-/m1/s1. The van der Waals surface area contributed by atoms with Crippen LogP contribution in [0.15, 0.2) is 47.6 Å². The van der Waals surface area contributed by atoms with Crippen molar-refractivity contribution in [2.24, 2.45) is 0 Å². The number of allylic oxidation sites excluding steroid dienone is 1. The smallest absolute Gasteiger partial charge is 0.243 e. The molecule has 6 nitrogen and oxygen atoms in total. The summed E-state index contributed by atoms with van der Waals surface area (Å²) in [6.45, 7) is 11.2. The van der Waals surface area contributed by atoms with E-state index in [1.165, 1.54) is 0 Å². The minimum absolute atomic E-state index is 0.0487. The Morgan fingerprint density at radius 3 is 2.88 bits per heavy atom. The van der Waals surface area contributed by atoms with E-state index in [0.29, 0.717) is 24.8 Å². The molecule has 1 aromatic carbocycles. The summed E-state index contributed by atoms with van der Waals surface area (Å²) in [5.41, 5.74) is 4.27. The second kappa shape index (κ2) is 7.44. The Labute approximate surface area is 147 Å². The highest BCUT2D eigenvalue weighted by molar-refractivity contribution is 5.58. The zero-order valence-corrected chi connectivity index (χ0v) is 14.9. The zero-order valence-electron chi connectivity index (χ0n) is 14.9. The largest absolute Gasteiger partial charge is 0.337 e. The Bertz CT molecular complexity index is 864. The van der Waals surface area contributed by atoms with Gasteiger partial charge in [-0.25, -0.2) is 0 Å². The third kappa shape index (κ3) is 3.85. The van der Waals surface area contributed by atoms with Crippen molar-refractivity contribution in [2.75, 3.05) is 0 Å². The van der Waals surface area contributed by atoms with Crippen molar-refractivity contribution >= 4 is 0 Å². The van der Waals surface area contributed by atoms with Crippen LogP contribution in [-0.2, 0) is 13.1 Å². The van der Waals surface area contributed by atoms with Gasteiger partial charge in [-0.3, -0.25) is 4.68 Å². The summed E-state index contributed by atoms with van der Waals surface area (Å²) in [6.07, 6.45) is 3.86. The molecule has 0 bridgehead atoms. The summed E-state index contributed by atoms with van der Waals surface area (Å²) in [5, 5.41) is 12.0. The molecule has 0 unspecified atom stereocenters. The molecule has 2 heterocycles. The van der Waals surface area contributed by atoms with Gasteiger partial charge in [-0.2, -0.15) is 10.1 Å². The molecule has 0 fully saturated rings. The van der Waals surface area contributed by atoms with Gasteiger partial charge in [0.05, 0.1) is 18.3 Å². The maximum Gasteiger partial charge on any atom is 0.243 e. The number of hydrogen-bond acceptors (Lipinski definition) is 5. The molecule has 0 spiro atoms. The van der Waals surface area contributed by atoms with Gasteiger partial charge >= 0.3 is 0 Å². The number of nitrogens with one attached hydrogen (secondary N) is 1. The molecule has 6 heteroatoms. The van der Waals surface area contributed by atoms with Crippen LogP contribution in [0.2, 0.25) is 0 Å². The molecule has 1 N–H and O–H groups in total. The van der Waals surface area contributed by atoms with Crippen LogP contribution in [0.1, 0.15) is 35.7 Å². The summed E-state index contributed by atoms with van der Waals surface area (Å²) < 4.78 is 7.32. The highest BCUT2D eigenvalue weighted by Gasteiger charge is 2.16. The first-order valence-corrected chi connectivity index (χ1v) is 8.35. The van der Waals surface area contributed by atoms with Crippen molar-refractivity contribution in [3.8, 4) is 11.4 Å². The topological polar surface area (TPSA) is 68.8 Å². The van der Waals surface area contributed by atoms with E-state index < -0.39 is 0 Å². The number of aryl methyl sites for hydroxylation is 2. The normalized spacial score (nSPS) is 12.3. The van der Waals surface area contributed by atoms with Gasteiger partial charge in [0.1, 0.15) is 0 Å². The number of benzene rings is 1. The Hall–Kier alpha value is -2.73. The average molecular weight is 337 g/mol. The molecule has 0 radical (unpaired) electrons. The summed E-state index contributed by atoms with van der Waals surface area (Å²) in [6, 6.07) is 7.96. The second-order valence-electron chi connectivity index (χ2n) is 6.12. The molecule has 1 atom stereocenters. The molecule has 3 rings (SSSR count). The fraction of sp³-hybridized carbons (Fsp3) is 0.316. The SMILES string of the molecule is C=CCn1cc(CN[C@H](C)c2nc(-c3ccccc3C)no2)c(C)n1. The molecule has 0 saturated carbocycles. The van der Waals surface area contributed by atoms with Crippen LogP contribution in [0.25, 0.3) is 11.4 Å². The van der Waals surface area contributed by atoms with E-state index in [2.05, 4.69) is 27.1 Å². The van der Waals surface area contributed by atoms with Crippen LogP contribution in [0, 0.1) is 13.8 Å². The van der Waals surface area contributed by atoms with E-state index in [0.717, 1.165) is 22.4 Å². The van der Waals surface area contributed by atoms with E-state index in [1.807, 2.05) is 62.0 Å². The first-order chi connectivity index (χ1) is 12.1. The lowest BCUT2D eigenvalue weighted by atomic mass is 10.1. The van der Waals surface area contributed by atoms with Crippen LogP contribution >= 0.6 is 0 Å². The second-order valence-corrected chi connectivity index (χ2v) is 6.12. The molecule has 130 valence electrons. The van der Waals surface area contributed by atoms with Crippen LogP contribution in [0.4, 0.5) is 0 Å². The maximum atomic E-state index is 5.44. The summed E-state index contributed by atoms with van der Waals surface area (Å²) in [7, 11) is 0. The van der Waals surface area contributed by atoms with Crippen molar-refractivity contribution in [2.45, 2.75) is 39.9 Å². The number of nitrogens with zero attached hydrogens (tertiary/aromatic N) is 4. The Morgan fingerprint density at radius 1 is 1.32 bits per heavy atom. The molecule has 0 aliphatic rings. The van der Waals surface area contributed by atoms with E-state index in [4.69, 9.17) is 4.52 Å². The van der Waals surface area contributed by atoms with Gasteiger partial charge in [0, 0.05) is 23.9 Å². The molecule has 0 saturated heterocycles. The van der Waals surface area contributed by atoms with Crippen molar-refractivity contribution in [3.63, 3.8) is 0 Å². The molecule has 3 aromatic rings. The predicted molar refractivity (Wildman–Crippen MR) is 96.9 cm³/mol. The zero-order chi connectivity index (χ0) is 17.8. The Balaban J connectivity index is 1.67. The molecule has 0 aliphatic heterocycles. The first-order valence-electron chi connectivity index (χ1n) is 8.35. The summed E-state index contributed by atoms with van der Waals surface area (Å²) in [5.74, 6) is 1.20. The fourth-order valence-electron chi connectivity index (χ4n) is 2.65. The minimum atomic E-state index is -0.0487. The van der Waals surface area contributed by atoms with Crippen molar-refractivity contribution in [1.82, 2.24) is 25.2 Å². The quantitative estimate of drug-likeness (QED) is 0.667. The lowest BCUT2D eigenvalue weighted by Gasteiger charge is -2.08.